The Kier molecular flexibility index (Phi) is 7.86. The number of aromatic nitrogens is 1. The summed E-state index contributed by atoms with van der Waals surface area (Å²) >= 11 is 1.04. The summed E-state index contributed by atoms with van der Waals surface area (Å²) < 4.78 is 17.5. The molecule has 0 unspecified atom stereocenters. The number of carbonyl (C=O) groups is 3. The fraction of sp³-hybridized carbons (Fsp3) is 0.355. The van der Waals surface area contributed by atoms with E-state index in [4.69, 9.17) is 14.2 Å². The Morgan fingerprint density at radius 2 is 1.93 bits per heavy atom. The second-order valence-electron chi connectivity index (χ2n) is 10.1. The van der Waals surface area contributed by atoms with Crippen molar-refractivity contribution >= 4 is 39.7 Å². The molecule has 0 aliphatic carbocycles. The number of aliphatic hydroxyl groups excluding tert-OH is 1. The molecule has 2 aliphatic rings. The van der Waals surface area contributed by atoms with Crippen LogP contribution in [0, 0.1) is 6.92 Å². The van der Waals surface area contributed by atoms with E-state index in [2.05, 4.69) is 4.98 Å². The highest BCUT2D eigenvalue weighted by Gasteiger charge is 2.48. The van der Waals surface area contributed by atoms with Gasteiger partial charge in [0.2, 0.25) is 0 Å². The molecule has 1 fully saturated rings. The lowest BCUT2D eigenvalue weighted by molar-refractivity contribution is -0.132. The molecule has 1 saturated heterocycles. The molecule has 41 heavy (non-hydrogen) atoms. The van der Waals surface area contributed by atoms with Gasteiger partial charge in [-0.05, 0) is 68.7 Å². The summed E-state index contributed by atoms with van der Waals surface area (Å²) in [6.07, 6.45) is 1.47. The fourth-order valence-electron chi connectivity index (χ4n) is 5.18. The zero-order valence-electron chi connectivity index (χ0n) is 23.6. The number of Topliss-reactive ketones (excluding diaryl/α,β-unsaturated/α-hetero) is 2. The number of ketones is 2. The van der Waals surface area contributed by atoms with E-state index in [1.54, 1.807) is 43.3 Å². The Hall–Kier alpha value is -4.18. The van der Waals surface area contributed by atoms with Crippen LogP contribution in [0.3, 0.4) is 0 Å². The van der Waals surface area contributed by atoms with Crippen LogP contribution >= 0.6 is 11.3 Å². The van der Waals surface area contributed by atoms with Crippen LogP contribution < -0.4 is 19.1 Å². The number of carbonyl (C=O) groups excluding carboxylic acids is 3. The first-order valence-corrected chi connectivity index (χ1v) is 14.4. The zero-order valence-corrected chi connectivity index (χ0v) is 24.5. The van der Waals surface area contributed by atoms with Crippen molar-refractivity contribution in [1.29, 1.82) is 0 Å². The Labute approximate surface area is 242 Å². The van der Waals surface area contributed by atoms with E-state index in [-0.39, 0.29) is 28.4 Å². The Morgan fingerprint density at radius 1 is 1.15 bits per heavy atom. The van der Waals surface area contributed by atoms with Gasteiger partial charge in [-0.15, -0.1) is 0 Å². The molecule has 2 aliphatic heterocycles. The number of aliphatic hydroxyl groups is 1. The van der Waals surface area contributed by atoms with E-state index >= 15 is 0 Å². The van der Waals surface area contributed by atoms with Gasteiger partial charge in [0.25, 0.3) is 5.78 Å². The van der Waals surface area contributed by atoms with Gasteiger partial charge in [0, 0.05) is 18.9 Å². The molecule has 1 aromatic heterocycles. The normalized spacial score (nSPS) is 19.3. The lowest BCUT2D eigenvalue weighted by Crippen LogP contribution is -2.29. The van der Waals surface area contributed by atoms with E-state index in [0.717, 1.165) is 29.1 Å². The van der Waals surface area contributed by atoms with Crippen LogP contribution in [-0.4, -0.2) is 46.9 Å². The summed E-state index contributed by atoms with van der Waals surface area (Å²) in [7, 11) is 0. The van der Waals surface area contributed by atoms with Crippen molar-refractivity contribution in [2.24, 2.45) is 0 Å². The quantitative estimate of drug-likeness (QED) is 0.147. The summed E-state index contributed by atoms with van der Waals surface area (Å²) in [4.78, 5) is 45.6. The van der Waals surface area contributed by atoms with Gasteiger partial charge in [-0.1, -0.05) is 24.3 Å². The highest BCUT2D eigenvalue weighted by molar-refractivity contribution is 7.18. The standard InChI is InChI=1S/C31H32N2O7S/c1-6-12-39-23-11-8-19(15-24(23)38-7-2)26-25(27(35)20-9-10-22-21(14-20)13-16(3)40-22)28(36)30(37)33(26)31-32-17(4)29(41-31)18(5)34/h8-11,14-16,26,35H,6-7,12-13H2,1-5H3/b27-25+/t16-,26-/m1/s1. The number of anilines is 1. The third-order valence-corrected chi connectivity index (χ3v) is 8.23. The van der Waals surface area contributed by atoms with Gasteiger partial charge in [0.15, 0.2) is 22.4 Å². The molecule has 3 heterocycles. The maximum Gasteiger partial charge on any atom is 0.301 e. The third kappa shape index (κ3) is 5.19. The number of aryl methyl sites for hydroxylation is 1. The average Bonchev–Trinajstić information content (AvgIpc) is 3.59. The highest BCUT2D eigenvalue weighted by atomic mass is 32.1. The van der Waals surface area contributed by atoms with Crippen LogP contribution in [0.25, 0.3) is 5.76 Å². The largest absolute Gasteiger partial charge is 0.507 e. The molecular formula is C31H32N2O7S. The first-order valence-electron chi connectivity index (χ1n) is 13.6. The molecule has 214 valence electrons. The number of thiazole rings is 1. The predicted molar refractivity (Wildman–Crippen MR) is 155 cm³/mol. The van der Waals surface area contributed by atoms with Crippen LogP contribution in [0.1, 0.15) is 72.2 Å². The van der Waals surface area contributed by atoms with Gasteiger partial charge in [-0.25, -0.2) is 4.98 Å². The zero-order chi connectivity index (χ0) is 29.4. The molecule has 9 nitrogen and oxygen atoms in total. The monoisotopic (exact) mass is 576 g/mol. The molecular weight excluding hydrogens is 544 g/mol. The molecule has 2 atom stereocenters. The van der Waals surface area contributed by atoms with Gasteiger partial charge in [-0.3, -0.25) is 19.3 Å². The molecule has 1 N–H and O–H groups in total. The molecule has 0 radical (unpaired) electrons. The van der Waals surface area contributed by atoms with Crippen molar-refractivity contribution < 1.29 is 33.7 Å². The van der Waals surface area contributed by atoms with Gasteiger partial charge in [-0.2, -0.15) is 0 Å². The first-order chi connectivity index (χ1) is 19.6. The lowest BCUT2D eigenvalue weighted by Gasteiger charge is -2.24. The number of benzene rings is 2. The molecule has 5 rings (SSSR count). The number of fused-ring (bicyclic) bond motifs is 1. The van der Waals surface area contributed by atoms with Gasteiger partial charge in [0.05, 0.1) is 35.4 Å². The van der Waals surface area contributed by atoms with Gasteiger partial charge < -0.3 is 19.3 Å². The van der Waals surface area contributed by atoms with E-state index in [9.17, 15) is 19.5 Å². The van der Waals surface area contributed by atoms with E-state index < -0.39 is 17.7 Å². The highest BCUT2D eigenvalue weighted by Crippen LogP contribution is 2.46. The smallest absolute Gasteiger partial charge is 0.301 e. The summed E-state index contributed by atoms with van der Waals surface area (Å²) in [6.45, 7) is 9.78. The number of amides is 1. The Bertz CT molecular complexity index is 1570. The number of nitrogens with zero attached hydrogens (tertiary/aromatic N) is 2. The topological polar surface area (TPSA) is 115 Å². The minimum Gasteiger partial charge on any atom is -0.507 e. The molecule has 0 bridgehead atoms. The average molecular weight is 577 g/mol. The summed E-state index contributed by atoms with van der Waals surface area (Å²) in [5.74, 6) is -0.474. The lowest BCUT2D eigenvalue weighted by atomic mass is 9.94. The van der Waals surface area contributed by atoms with Crippen LogP contribution in [-0.2, 0) is 16.0 Å². The van der Waals surface area contributed by atoms with E-state index in [1.807, 2.05) is 20.8 Å². The first kappa shape index (κ1) is 28.4. The van der Waals surface area contributed by atoms with Crippen LogP contribution in [0.5, 0.6) is 17.2 Å². The van der Waals surface area contributed by atoms with Crippen molar-refractivity contribution in [3.8, 4) is 17.2 Å². The number of ether oxygens (including phenoxy) is 3. The maximum absolute atomic E-state index is 13.6. The summed E-state index contributed by atoms with van der Waals surface area (Å²) in [6, 6.07) is 9.39. The van der Waals surface area contributed by atoms with Crippen molar-refractivity contribution in [3.63, 3.8) is 0 Å². The second kappa shape index (κ2) is 11.4. The summed E-state index contributed by atoms with van der Waals surface area (Å²) in [5.41, 5.74) is 2.21. The van der Waals surface area contributed by atoms with Gasteiger partial charge in [0.1, 0.15) is 17.6 Å². The van der Waals surface area contributed by atoms with Crippen LogP contribution in [0.2, 0.25) is 0 Å². The minimum atomic E-state index is -1.02. The number of rotatable bonds is 9. The molecule has 0 spiro atoms. The van der Waals surface area contributed by atoms with Crippen LogP contribution in [0.4, 0.5) is 5.13 Å². The van der Waals surface area contributed by atoms with E-state index in [0.29, 0.717) is 52.8 Å². The molecule has 3 aromatic rings. The SMILES string of the molecule is CCCOc1ccc([C@@H]2/C(=C(\O)c3ccc4c(c3)C[C@@H](C)O4)C(=O)C(=O)N2c2nc(C)c(C(C)=O)s2)cc1OCC. The van der Waals surface area contributed by atoms with Crippen molar-refractivity contribution in [2.75, 3.05) is 18.1 Å². The molecule has 0 saturated carbocycles. The Morgan fingerprint density at radius 3 is 2.61 bits per heavy atom. The minimum absolute atomic E-state index is 0.00187. The van der Waals surface area contributed by atoms with Crippen LogP contribution in [0.15, 0.2) is 42.0 Å². The van der Waals surface area contributed by atoms with Crippen molar-refractivity contribution in [3.05, 3.63) is 69.2 Å². The summed E-state index contributed by atoms with van der Waals surface area (Å²) in [5, 5.41) is 11.8. The molecule has 1 amide bonds. The maximum atomic E-state index is 13.6. The Balaban J connectivity index is 1.70. The number of hydrogen-bond acceptors (Lipinski definition) is 9. The molecule has 2 aromatic carbocycles. The fourth-order valence-corrected chi connectivity index (χ4v) is 6.17. The van der Waals surface area contributed by atoms with Crippen molar-refractivity contribution in [1.82, 2.24) is 4.98 Å². The van der Waals surface area contributed by atoms with E-state index in [1.165, 1.54) is 11.8 Å². The van der Waals surface area contributed by atoms with Gasteiger partial charge >= 0.3 is 5.91 Å². The third-order valence-electron chi connectivity index (χ3n) is 6.97. The number of hydrogen-bond donors (Lipinski definition) is 1. The molecule has 10 heteroatoms. The predicted octanol–water partition coefficient (Wildman–Crippen LogP) is 5.79. The second-order valence-corrected chi connectivity index (χ2v) is 11.1. The van der Waals surface area contributed by atoms with Crippen molar-refractivity contribution in [2.45, 2.75) is 59.6 Å².